The number of nitrogens with zero attached hydrogens (tertiary/aromatic N) is 3. The second kappa shape index (κ2) is 5.09. The molecule has 6 heteroatoms. The fraction of sp³-hybridized carbons (Fsp3) is 0.308. The zero-order chi connectivity index (χ0) is 14.0. The van der Waals surface area contributed by atoms with E-state index in [0.717, 1.165) is 17.1 Å². The van der Waals surface area contributed by atoms with Crippen LogP contribution in [0, 0.1) is 24.0 Å². The Balaban J connectivity index is 2.20. The molecule has 0 fully saturated rings. The minimum absolute atomic E-state index is 0.153. The molecule has 0 aliphatic heterocycles. The lowest BCUT2D eigenvalue weighted by Gasteiger charge is -2.10. The Morgan fingerprint density at radius 2 is 2.11 bits per heavy atom. The Bertz CT molecular complexity index is 619. The van der Waals surface area contributed by atoms with Crippen molar-refractivity contribution in [2.75, 3.05) is 5.32 Å². The highest BCUT2D eigenvalue weighted by atomic mass is 16.6. The molecule has 0 aliphatic carbocycles. The van der Waals surface area contributed by atoms with Crippen LogP contribution in [0.5, 0.6) is 0 Å². The standard InChI is InChI=1S/C13H16N4O2/c1-9-7-12(17(18)19)10(2)6-11(9)15-8-13-14-4-5-16(13)3/h4-7,15H,8H2,1-3H3. The molecular weight excluding hydrogens is 244 g/mol. The molecule has 0 amide bonds. The molecule has 0 unspecified atom stereocenters. The van der Waals surface area contributed by atoms with E-state index in [4.69, 9.17) is 0 Å². The smallest absolute Gasteiger partial charge is 0.272 e. The maximum atomic E-state index is 10.8. The molecule has 100 valence electrons. The third kappa shape index (κ3) is 2.73. The lowest BCUT2D eigenvalue weighted by Crippen LogP contribution is -2.07. The van der Waals surface area contributed by atoms with Gasteiger partial charge in [0.2, 0.25) is 0 Å². The number of benzene rings is 1. The molecule has 6 nitrogen and oxygen atoms in total. The van der Waals surface area contributed by atoms with Gasteiger partial charge >= 0.3 is 0 Å². The Labute approximate surface area is 111 Å². The van der Waals surface area contributed by atoms with Crippen LogP contribution in [-0.4, -0.2) is 14.5 Å². The summed E-state index contributed by atoms with van der Waals surface area (Å²) in [6.45, 7) is 4.18. The average Bonchev–Trinajstić information content (AvgIpc) is 2.75. The van der Waals surface area contributed by atoms with Crippen molar-refractivity contribution in [3.05, 3.63) is 51.6 Å². The van der Waals surface area contributed by atoms with E-state index in [1.807, 2.05) is 24.7 Å². The van der Waals surface area contributed by atoms with E-state index in [1.165, 1.54) is 0 Å². The van der Waals surface area contributed by atoms with E-state index >= 15 is 0 Å². The lowest BCUT2D eigenvalue weighted by molar-refractivity contribution is -0.385. The monoisotopic (exact) mass is 260 g/mol. The van der Waals surface area contributed by atoms with E-state index < -0.39 is 0 Å². The van der Waals surface area contributed by atoms with Crippen molar-refractivity contribution in [1.29, 1.82) is 0 Å². The number of hydrogen-bond acceptors (Lipinski definition) is 4. The lowest BCUT2D eigenvalue weighted by atomic mass is 10.1. The van der Waals surface area contributed by atoms with Gasteiger partial charge in [-0.1, -0.05) is 0 Å². The average molecular weight is 260 g/mol. The Kier molecular flexibility index (Phi) is 3.50. The van der Waals surface area contributed by atoms with Gasteiger partial charge in [0, 0.05) is 36.8 Å². The molecule has 0 radical (unpaired) electrons. The van der Waals surface area contributed by atoms with E-state index in [1.54, 1.807) is 25.3 Å². The number of anilines is 1. The van der Waals surface area contributed by atoms with E-state index in [-0.39, 0.29) is 10.6 Å². The van der Waals surface area contributed by atoms with Crippen molar-refractivity contribution in [3.8, 4) is 0 Å². The fourth-order valence-corrected chi connectivity index (χ4v) is 1.93. The summed E-state index contributed by atoms with van der Waals surface area (Å²) in [7, 11) is 1.93. The molecule has 0 aliphatic rings. The molecule has 2 aromatic rings. The van der Waals surface area contributed by atoms with Crippen molar-refractivity contribution in [2.45, 2.75) is 20.4 Å². The highest BCUT2D eigenvalue weighted by Crippen LogP contribution is 2.26. The summed E-state index contributed by atoms with van der Waals surface area (Å²) in [6.07, 6.45) is 3.62. The van der Waals surface area contributed by atoms with Crippen molar-refractivity contribution in [1.82, 2.24) is 9.55 Å². The summed E-state index contributed by atoms with van der Waals surface area (Å²) < 4.78 is 1.93. The van der Waals surface area contributed by atoms with Gasteiger partial charge in [-0.3, -0.25) is 10.1 Å². The van der Waals surface area contributed by atoms with Crippen LogP contribution in [0.3, 0.4) is 0 Å². The number of nitro benzene ring substituents is 1. The molecule has 0 spiro atoms. The van der Waals surface area contributed by atoms with Crippen molar-refractivity contribution in [2.24, 2.45) is 7.05 Å². The normalized spacial score (nSPS) is 10.5. The number of aryl methyl sites for hydroxylation is 3. The van der Waals surface area contributed by atoms with Gasteiger partial charge in [-0.2, -0.15) is 0 Å². The highest BCUT2D eigenvalue weighted by Gasteiger charge is 2.13. The van der Waals surface area contributed by atoms with Gasteiger partial charge in [-0.25, -0.2) is 4.98 Å². The number of imidazole rings is 1. The van der Waals surface area contributed by atoms with Crippen LogP contribution in [0.4, 0.5) is 11.4 Å². The van der Waals surface area contributed by atoms with Gasteiger partial charge in [0.1, 0.15) is 5.82 Å². The predicted molar refractivity (Wildman–Crippen MR) is 73.1 cm³/mol. The van der Waals surface area contributed by atoms with Crippen LogP contribution >= 0.6 is 0 Å². The fourth-order valence-electron chi connectivity index (χ4n) is 1.93. The van der Waals surface area contributed by atoms with Gasteiger partial charge in [-0.05, 0) is 25.5 Å². The van der Waals surface area contributed by atoms with Crippen LogP contribution in [0.2, 0.25) is 0 Å². The van der Waals surface area contributed by atoms with Crippen LogP contribution < -0.4 is 5.32 Å². The van der Waals surface area contributed by atoms with Gasteiger partial charge in [-0.15, -0.1) is 0 Å². The van der Waals surface area contributed by atoms with E-state index in [2.05, 4.69) is 10.3 Å². The number of hydrogen-bond donors (Lipinski definition) is 1. The third-order valence-corrected chi connectivity index (χ3v) is 3.10. The first kappa shape index (κ1) is 13.1. The number of rotatable bonds is 4. The minimum atomic E-state index is -0.356. The van der Waals surface area contributed by atoms with Gasteiger partial charge < -0.3 is 9.88 Å². The maximum absolute atomic E-state index is 10.8. The summed E-state index contributed by atoms with van der Waals surface area (Å²) in [5.74, 6) is 0.912. The number of nitro groups is 1. The third-order valence-electron chi connectivity index (χ3n) is 3.10. The summed E-state index contributed by atoms with van der Waals surface area (Å²) in [5.41, 5.74) is 2.55. The van der Waals surface area contributed by atoms with Gasteiger partial charge in [0.15, 0.2) is 0 Å². The van der Waals surface area contributed by atoms with Crippen LogP contribution in [0.1, 0.15) is 17.0 Å². The van der Waals surface area contributed by atoms with Crippen molar-refractivity contribution < 1.29 is 4.92 Å². The Hall–Kier alpha value is -2.37. The first-order chi connectivity index (χ1) is 8.99. The van der Waals surface area contributed by atoms with Crippen LogP contribution in [-0.2, 0) is 13.6 Å². The molecule has 0 saturated carbocycles. The topological polar surface area (TPSA) is 73.0 Å². The summed E-state index contributed by atoms with van der Waals surface area (Å²) in [6, 6.07) is 3.40. The Morgan fingerprint density at radius 1 is 1.37 bits per heavy atom. The summed E-state index contributed by atoms with van der Waals surface area (Å²) in [4.78, 5) is 14.7. The largest absolute Gasteiger partial charge is 0.378 e. The highest BCUT2D eigenvalue weighted by molar-refractivity contribution is 5.59. The second-order valence-electron chi connectivity index (χ2n) is 4.52. The molecule has 0 saturated heterocycles. The van der Waals surface area contributed by atoms with Crippen LogP contribution in [0.25, 0.3) is 0 Å². The molecule has 2 rings (SSSR count). The quantitative estimate of drug-likeness (QED) is 0.677. The molecule has 19 heavy (non-hydrogen) atoms. The molecule has 0 atom stereocenters. The zero-order valence-corrected chi connectivity index (χ0v) is 11.2. The van der Waals surface area contributed by atoms with Gasteiger partial charge in [0.25, 0.3) is 5.69 Å². The first-order valence-corrected chi connectivity index (χ1v) is 5.94. The SMILES string of the molecule is Cc1cc([N+](=O)[O-])c(C)cc1NCc1nccn1C. The minimum Gasteiger partial charge on any atom is -0.378 e. The molecule has 1 N–H and O–H groups in total. The molecule has 0 bridgehead atoms. The van der Waals surface area contributed by atoms with E-state index in [9.17, 15) is 10.1 Å². The molecule has 1 aromatic heterocycles. The van der Waals surface area contributed by atoms with Crippen LogP contribution in [0.15, 0.2) is 24.5 Å². The molecule has 1 aromatic carbocycles. The number of aromatic nitrogens is 2. The van der Waals surface area contributed by atoms with Crippen molar-refractivity contribution >= 4 is 11.4 Å². The Morgan fingerprint density at radius 3 is 2.68 bits per heavy atom. The molecular formula is C13H16N4O2. The number of nitrogens with one attached hydrogen (secondary N) is 1. The first-order valence-electron chi connectivity index (χ1n) is 5.94. The summed E-state index contributed by atoms with van der Waals surface area (Å²) in [5, 5.41) is 14.1. The zero-order valence-electron chi connectivity index (χ0n) is 11.2. The molecule has 1 heterocycles. The summed E-state index contributed by atoms with van der Waals surface area (Å²) >= 11 is 0. The van der Waals surface area contributed by atoms with Gasteiger partial charge in [0.05, 0.1) is 11.5 Å². The predicted octanol–water partition coefficient (Wildman–Crippen LogP) is 2.56. The van der Waals surface area contributed by atoms with Crippen molar-refractivity contribution in [3.63, 3.8) is 0 Å². The maximum Gasteiger partial charge on any atom is 0.272 e. The van der Waals surface area contributed by atoms with E-state index in [0.29, 0.717) is 12.1 Å². The second-order valence-corrected chi connectivity index (χ2v) is 4.52.